The molecule has 0 amide bonds. The number of hydrogen-bond acceptors (Lipinski definition) is 2. The lowest BCUT2D eigenvalue weighted by Gasteiger charge is -2.00. The predicted octanol–water partition coefficient (Wildman–Crippen LogP) is 1.28. The van der Waals surface area contributed by atoms with Crippen molar-refractivity contribution in [2.24, 2.45) is 0 Å². The predicted molar refractivity (Wildman–Crippen MR) is 35.2 cm³/mol. The zero-order valence-corrected chi connectivity index (χ0v) is 6.16. The first-order valence-electron chi connectivity index (χ1n) is 3.09. The maximum atomic E-state index is 12.0. The van der Waals surface area contributed by atoms with Gasteiger partial charge in [-0.1, -0.05) is 0 Å². The van der Waals surface area contributed by atoms with Crippen LogP contribution in [0.15, 0.2) is 6.20 Å². The molecule has 1 rings (SSSR count). The van der Waals surface area contributed by atoms with Gasteiger partial charge in [0.25, 0.3) is 0 Å². The molecule has 0 aliphatic heterocycles. The molecule has 4 nitrogen and oxygen atoms in total. The van der Waals surface area contributed by atoms with Gasteiger partial charge in [-0.25, -0.2) is 9.48 Å². The number of carboxylic acid groups (broad SMARTS) is 1. The zero-order valence-electron chi connectivity index (χ0n) is 6.16. The van der Waals surface area contributed by atoms with E-state index in [1.807, 2.05) is 0 Å². The van der Waals surface area contributed by atoms with Crippen LogP contribution in [0.2, 0.25) is 0 Å². The van der Waals surface area contributed by atoms with Gasteiger partial charge < -0.3 is 5.11 Å². The molecule has 12 heavy (non-hydrogen) atoms. The van der Waals surface area contributed by atoms with Crippen LogP contribution in [0.1, 0.15) is 22.6 Å². The van der Waals surface area contributed by atoms with Gasteiger partial charge in [-0.2, -0.15) is 13.9 Å². The van der Waals surface area contributed by atoms with Crippen molar-refractivity contribution in [3.63, 3.8) is 0 Å². The van der Waals surface area contributed by atoms with Gasteiger partial charge in [0, 0.05) is 0 Å². The van der Waals surface area contributed by atoms with Gasteiger partial charge in [0.05, 0.1) is 11.9 Å². The van der Waals surface area contributed by atoms with Crippen molar-refractivity contribution in [3.05, 3.63) is 17.5 Å². The van der Waals surface area contributed by atoms with Crippen LogP contribution in [-0.2, 0) is 0 Å². The average Bonchev–Trinajstić information content (AvgIpc) is 2.30. The number of carboxylic acids is 1. The van der Waals surface area contributed by atoms with Crippen LogP contribution < -0.4 is 0 Å². The number of nitrogens with zero attached hydrogens (tertiary/aromatic N) is 2. The minimum atomic E-state index is -2.79. The molecule has 6 heteroatoms. The molecule has 0 saturated carbocycles. The smallest absolute Gasteiger partial charge is 0.339 e. The van der Waals surface area contributed by atoms with Crippen LogP contribution in [0, 0.1) is 6.92 Å². The number of carbonyl (C=O) groups is 1. The Balaban J connectivity index is 3.13. The van der Waals surface area contributed by atoms with Crippen LogP contribution >= 0.6 is 0 Å². The second-order valence-corrected chi connectivity index (χ2v) is 2.17. The molecule has 0 unspecified atom stereocenters. The first-order valence-corrected chi connectivity index (χ1v) is 3.09. The minimum absolute atomic E-state index is 0.0440. The summed E-state index contributed by atoms with van der Waals surface area (Å²) in [5, 5.41) is 11.7. The van der Waals surface area contributed by atoms with Gasteiger partial charge in [-0.3, -0.25) is 0 Å². The Morgan fingerprint density at radius 1 is 1.75 bits per heavy atom. The maximum absolute atomic E-state index is 12.0. The molecule has 0 spiro atoms. The molecule has 0 atom stereocenters. The number of halogens is 2. The molecule has 0 bridgehead atoms. The van der Waals surface area contributed by atoms with Crippen molar-refractivity contribution in [1.82, 2.24) is 9.78 Å². The van der Waals surface area contributed by atoms with Crippen molar-refractivity contribution in [2.45, 2.75) is 13.5 Å². The summed E-state index contributed by atoms with van der Waals surface area (Å²) >= 11 is 0. The SMILES string of the molecule is Cc1c(C(=O)O)cnn1C(F)F. The number of alkyl halides is 2. The van der Waals surface area contributed by atoms with Crippen LogP contribution in [0.4, 0.5) is 8.78 Å². The van der Waals surface area contributed by atoms with E-state index in [0.717, 1.165) is 6.20 Å². The molecule has 1 aromatic rings. The highest BCUT2D eigenvalue weighted by Crippen LogP contribution is 2.14. The summed E-state index contributed by atoms with van der Waals surface area (Å²) < 4.78 is 24.4. The molecule has 1 heterocycles. The molecule has 0 fully saturated rings. The highest BCUT2D eigenvalue weighted by molar-refractivity contribution is 5.88. The Hall–Kier alpha value is -1.46. The summed E-state index contributed by atoms with van der Waals surface area (Å²) in [6.45, 7) is -1.51. The van der Waals surface area contributed by atoms with Crippen molar-refractivity contribution in [3.8, 4) is 0 Å². The molecule has 0 saturated heterocycles. The Morgan fingerprint density at radius 2 is 2.33 bits per heavy atom. The molecule has 0 aliphatic carbocycles. The molecule has 0 aliphatic rings. The third-order valence-corrected chi connectivity index (χ3v) is 1.46. The molecule has 1 aromatic heterocycles. The largest absolute Gasteiger partial charge is 0.478 e. The maximum Gasteiger partial charge on any atom is 0.339 e. The third kappa shape index (κ3) is 1.27. The Morgan fingerprint density at radius 3 is 2.58 bits per heavy atom. The van der Waals surface area contributed by atoms with E-state index in [2.05, 4.69) is 5.10 Å². The summed E-state index contributed by atoms with van der Waals surface area (Å²) in [6.07, 6.45) is 0.907. The lowest BCUT2D eigenvalue weighted by Crippen LogP contribution is -2.04. The van der Waals surface area contributed by atoms with Gasteiger partial charge in [0.2, 0.25) is 0 Å². The first kappa shape index (κ1) is 8.63. The summed E-state index contributed by atoms with van der Waals surface area (Å²) in [6, 6.07) is 0. The van der Waals surface area contributed by atoms with Gasteiger partial charge in [0.1, 0.15) is 5.56 Å². The summed E-state index contributed by atoms with van der Waals surface area (Å²) in [5.41, 5.74) is -0.243. The van der Waals surface area contributed by atoms with Gasteiger partial charge in [-0.05, 0) is 6.92 Å². The molecular weight excluding hydrogens is 170 g/mol. The van der Waals surface area contributed by atoms with Crippen LogP contribution in [0.5, 0.6) is 0 Å². The van der Waals surface area contributed by atoms with Gasteiger partial charge >= 0.3 is 12.5 Å². The van der Waals surface area contributed by atoms with Gasteiger partial charge in [-0.15, -0.1) is 0 Å². The van der Waals surface area contributed by atoms with Crippen LogP contribution in [0.25, 0.3) is 0 Å². The molecule has 66 valence electrons. The van der Waals surface area contributed by atoms with Crippen molar-refractivity contribution >= 4 is 5.97 Å². The van der Waals surface area contributed by atoms with Crippen molar-refractivity contribution in [2.75, 3.05) is 0 Å². The fourth-order valence-electron chi connectivity index (χ4n) is 0.830. The summed E-state index contributed by atoms with van der Waals surface area (Å²) in [7, 11) is 0. The molecule has 1 N–H and O–H groups in total. The Bertz CT molecular complexity index is 308. The highest BCUT2D eigenvalue weighted by Gasteiger charge is 2.17. The van der Waals surface area contributed by atoms with Crippen molar-refractivity contribution < 1.29 is 18.7 Å². The molecular formula is C6H6F2N2O2. The topological polar surface area (TPSA) is 55.1 Å². The zero-order chi connectivity index (χ0) is 9.30. The Labute approximate surface area is 66.4 Å². The third-order valence-electron chi connectivity index (χ3n) is 1.46. The van der Waals surface area contributed by atoms with E-state index in [0.29, 0.717) is 4.68 Å². The van der Waals surface area contributed by atoms with E-state index >= 15 is 0 Å². The normalized spacial score (nSPS) is 10.7. The lowest BCUT2D eigenvalue weighted by atomic mass is 10.3. The second-order valence-electron chi connectivity index (χ2n) is 2.17. The number of aromatic carboxylic acids is 1. The highest BCUT2D eigenvalue weighted by atomic mass is 19.3. The van der Waals surface area contributed by atoms with E-state index in [9.17, 15) is 13.6 Å². The van der Waals surface area contributed by atoms with E-state index in [1.54, 1.807) is 0 Å². The monoisotopic (exact) mass is 176 g/mol. The van der Waals surface area contributed by atoms with E-state index in [4.69, 9.17) is 5.11 Å². The summed E-state index contributed by atoms with van der Waals surface area (Å²) in [5.74, 6) is -1.25. The molecule has 0 aromatic carbocycles. The molecule has 0 radical (unpaired) electrons. The second kappa shape index (κ2) is 2.88. The quantitative estimate of drug-likeness (QED) is 0.738. The number of rotatable bonds is 2. The van der Waals surface area contributed by atoms with Gasteiger partial charge in [0.15, 0.2) is 0 Å². The lowest BCUT2D eigenvalue weighted by molar-refractivity contribution is 0.0540. The van der Waals surface area contributed by atoms with E-state index < -0.39 is 12.5 Å². The first-order chi connectivity index (χ1) is 5.54. The fraction of sp³-hybridized carbons (Fsp3) is 0.333. The van der Waals surface area contributed by atoms with E-state index in [1.165, 1.54) is 6.92 Å². The number of aromatic nitrogens is 2. The summed E-state index contributed by atoms with van der Waals surface area (Å²) in [4.78, 5) is 10.4. The standard InChI is InChI=1S/C6H6F2N2O2/c1-3-4(5(11)12)2-9-10(3)6(7)8/h2,6H,1H3,(H,11,12). The number of hydrogen-bond donors (Lipinski definition) is 1. The van der Waals surface area contributed by atoms with Crippen molar-refractivity contribution in [1.29, 1.82) is 0 Å². The minimum Gasteiger partial charge on any atom is -0.478 e. The Kier molecular flexibility index (Phi) is 2.07. The fourth-order valence-corrected chi connectivity index (χ4v) is 0.830. The van der Waals surface area contributed by atoms with E-state index in [-0.39, 0.29) is 11.3 Å². The average molecular weight is 176 g/mol. The van der Waals surface area contributed by atoms with Crippen LogP contribution in [0.3, 0.4) is 0 Å². The van der Waals surface area contributed by atoms with Crippen LogP contribution in [-0.4, -0.2) is 20.9 Å².